The van der Waals surface area contributed by atoms with E-state index >= 15 is 0 Å². The second-order valence-corrected chi connectivity index (χ2v) is 10.2. The fourth-order valence-corrected chi connectivity index (χ4v) is 6.54. The number of hydrogen-bond donors (Lipinski definition) is 2. The summed E-state index contributed by atoms with van der Waals surface area (Å²) in [6.07, 6.45) is 3.44. The second-order valence-electron chi connectivity index (χ2n) is 7.49. The third-order valence-electron chi connectivity index (χ3n) is 5.27. The molecule has 2 aromatic carbocycles. The SMILES string of the molecule is COC(=O)C(Cc1c[nH]c2ccccc12)NC(=O)COc1ccc(C2SCCCS2)cc1. The third kappa shape index (κ3) is 5.61. The van der Waals surface area contributed by atoms with Gasteiger partial charge in [-0.3, -0.25) is 4.79 Å². The number of benzene rings is 2. The maximum Gasteiger partial charge on any atom is 0.328 e. The van der Waals surface area contributed by atoms with Gasteiger partial charge in [-0.1, -0.05) is 30.3 Å². The summed E-state index contributed by atoms with van der Waals surface area (Å²) < 4.78 is 11.0. The van der Waals surface area contributed by atoms with Crippen LogP contribution < -0.4 is 10.1 Å². The van der Waals surface area contributed by atoms with E-state index in [-0.39, 0.29) is 12.5 Å². The molecule has 6 nitrogen and oxygen atoms in total. The molecule has 0 saturated carbocycles. The highest BCUT2D eigenvalue weighted by atomic mass is 32.2. The Morgan fingerprint density at radius 3 is 2.62 bits per heavy atom. The number of para-hydroxylation sites is 1. The summed E-state index contributed by atoms with van der Waals surface area (Å²) >= 11 is 3.93. The van der Waals surface area contributed by atoms with Crippen LogP contribution in [0.3, 0.4) is 0 Å². The van der Waals surface area contributed by atoms with Gasteiger partial charge in [0.1, 0.15) is 11.8 Å². The molecule has 1 aliphatic rings. The van der Waals surface area contributed by atoms with Crippen LogP contribution >= 0.6 is 23.5 Å². The first kappa shape index (κ1) is 22.6. The van der Waals surface area contributed by atoms with Gasteiger partial charge < -0.3 is 19.8 Å². The van der Waals surface area contributed by atoms with Crippen molar-refractivity contribution < 1.29 is 19.1 Å². The standard InChI is InChI=1S/C24H26N2O4S2/c1-29-23(28)21(13-17-14-25-20-6-3-2-5-19(17)20)26-22(27)15-30-18-9-7-16(8-10-18)24-31-11-4-12-32-24/h2-3,5-10,14,21,24-25H,4,11-13,15H2,1H3,(H,26,27). The van der Waals surface area contributed by atoms with Crippen molar-refractivity contribution >= 4 is 46.3 Å². The van der Waals surface area contributed by atoms with Gasteiger partial charge in [-0.2, -0.15) is 0 Å². The molecule has 3 aromatic rings. The summed E-state index contributed by atoms with van der Waals surface area (Å²) in [5.74, 6) is 2.14. The van der Waals surface area contributed by atoms with Gasteiger partial charge in [0.05, 0.1) is 11.7 Å². The number of methoxy groups -OCH3 is 1. The highest BCUT2D eigenvalue weighted by Crippen LogP contribution is 2.43. The first-order chi connectivity index (χ1) is 15.6. The number of H-pyrrole nitrogens is 1. The lowest BCUT2D eigenvalue weighted by atomic mass is 10.0. The van der Waals surface area contributed by atoms with Crippen LogP contribution in [0.4, 0.5) is 0 Å². The van der Waals surface area contributed by atoms with E-state index < -0.39 is 12.0 Å². The predicted molar refractivity (Wildman–Crippen MR) is 130 cm³/mol. The second kappa shape index (κ2) is 10.8. The van der Waals surface area contributed by atoms with Gasteiger partial charge in [0.25, 0.3) is 5.91 Å². The normalized spacial score (nSPS) is 15.3. The van der Waals surface area contributed by atoms with Crippen LogP contribution in [0.1, 0.15) is 22.1 Å². The maximum atomic E-state index is 12.5. The van der Waals surface area contributed by atoms with Crippen molar-refractivity contribution in [2.75, 3.05) is 25.2 Å². The zero-order chi connectivity index (χ0) is 22.3. The Kier molecular flexibility index (Phi) is 7.65. The van der Waals surface area contributed by atoms with Crippen LogP contribution in [-0.4, -0.2) is 48.1 Å². The third-order valence-corrected chi connectivity index (χ3v) is 8.28. The molecule has 1 unspecified atom stereocenters. The van der Waals surface area contributed by atoms with Gasteiger partial charge in [0.15, 0.2) is 6.61 Å². The van der Waals surface area contributed by atoms with Crippen molar-refractivity contribution in [1.29, 1.82) is 0 Å². The number of aromatic nitrogens is 1. The average Bonchev–Trinajstić information content (AvgIpc) is 3.25. The molecule has 0 radical (unpaired) electrons. The molecule has 4 rings (SSSR count). The monoisotopic (exact) mass is 470 g/mol. The number of esters is 1. The van der Waals surface area contributed by atoms with Crippen LogP contribution in [0.25, 0.3) is 10.9 Å². The van der Waals surface area contributed by atoms with Crippen LogP contribution in [-0.2, 0) is 20.7 Å². The van der Waals surface area contributed by atoms with Gasteiger partial charge >= 0.3 is 5.97 Å². The number of thioether (sulfide) groups is 2. The highest BCUT2D eigenvalue weighted by molar-refractivity contribution is 8.16. The molecule has 1 atom stereocenters. The zero-order valence-corrected chi connectivity index (χ0v) is 19.5. The van der Waals surface area contributed by atoms with Crippen molar-refractivity contribution in [2.24, 2.45) is 0 Å². The van der Waals surface area contributed by atoms with Gasteiger partial charge in [0.2, 0.25) is 0 Å². The lowest BCUT2D eigenvalue weighted by Crippen LogP contribution is -2.44. The van der Waals surface area contributed by atoms with Crippen LogP contribution in [0, 0.1) is 0 Å². The van der Waals surface area contributed by atoms with Gasteiger partial charge in [0, 0.05) is 23.5 Å². The van der Waals surface area contributed by atoms with E-state index in [4.69, 9.17) is 9.47 Å². The van der Waals surface area contributed by atoms with Crippen molar-refractivity contribution in [3.05, 3.63) is 65.9 Å². The minimum atomic E-state index is -0.793. The number of carbonyl (C=O) groups is 2. The number of ether oxygens (including phenoxy) is 2. The van der Waals surface area contributed by atoms with Crippen molar-refractivity contribution in [3.8, 4) is 5.75 Å². The molecule has 8 heteroatoms. The molecule has 32 heavy (non-hydrogen) atoms. The lowest BCUT2D eigenvalue weighted by molar-refractivity contribution is -0.145. The zero-order valence-electron chi connectivity index (χ0n) is 17.8. The fourth-order valence-electron chi connectivity index (χ4n) is 3.64. The highest BCUT2D eigenvalue weighted by Gasteiger charge is 2.23. The Balaban J connectivity index is 1.33. The number of aromatic amines is 1. The molecule has 0 spiro atoms. The van der Waals surface area contributed by atoms with E-state index in [1.807, 2.05) is 66.1 Å². The van der Waals surface area contributed by atoms with Crippen molar-refractivity contribution in [1.82, 2.24) is 10.3 Å². The first-order valence-electron chi connectivity index (χ1n) is 10.5. The van der Waals surface area contributed by atoms with E-state index in [9.17, 15) is 9.59 Å². The quantitative estimate of drug-likeness (QED) is 0.478. The lowest BCUT2D eigenvalue weighted by Gasteiger charge is -2.21. The van der Waals surface area contributed by atoms with E-state index in [1.54, 1.807) is 0 Å². The van der Waals surface area contributed by atoms with Gasteiger partial charge in [-0.05, 0) is 47.3 Å². The Hall–Kier alpha value is -2.58. The van der Waals surface area contributed by atoms with E-state index in [1.165, 1.54) is 30.6 Å². The Morgan fingerprint density at radius 1 is 1.12 bits per heavy atom. The van der Waals surface area contributed by atoms with Crippen LogP contribution in [0.15, 0.2) is 54.7 Å². The molecule has 1 fully saturated rings. The number of rotatable bonds is 8. The number of amides is 1. The number of hydrogen-bond acceptors (Lipinski definition) is 6. The molecule has 168 valence electrons. The fraction of sp³-hybridized carbons (Fsp3) is 0.333. The molecular formula is C24H26N2O4S2. The van der Waals surface area contributed by atoms with Gasteiger partial charge in [-0.25, -0.2) is 4.79 Å². The molecule has 0 bridgehead atoms. The first-order valence-corrected chi connectivity index (χ1v) is 12.6. The van der Waals surface area contributed by atoms with E-state index in [0.29, 0.717) is 16.8 Å². The molecule has 1 aliphatic heterocycles. The topological polar surface area (TPSA) is 80.4 Å². The summed E-state index contributed by atoms with van der Waals surface area (Å²) in [6.45, 7) is -0.173. The van der Waals surface area contributed by atoms with Crippen molar-refractivity contribution in [3.63, 3.8) is 0 Å². The minimum absolute atomic E-state index is 0.173. The maximum absolute atomic E-state index is 12.5. The van der Waals surface area contributed by atoms with E-state index in [0.717, 1.165) is 16.5 Å². The number of carbonyl (C=O) groups excluding carboxylic acids is 2. The number of nitrogens with one attached hydrogen (secondary N) is 2. The summed E-state index contributed by atoms with van der Waals surface area (Å²) in [6, 6.07) is 14.9. The summed E-state index contributed by atoms with van der Waals surface area (Å²) in [5.41, 5.74) is 3.18. The largest absolute Gasteiger partial charge is 0.484 e. The van der Waals surface area contributed by atoms with Crippen LogP contribution in [0.5, 0.6) is 5.75 Å². The summed E-state index contributed by atoms with van der Waals surface area (Å²) in [7, 11) is 1.32. The Labute approximate surface area is 195 Å². The molecular weight excluding hydrogens is 444 g/mol. The molecule has 2 heterocycles. The molecule has 1 aromatic heterocycles. The van der Waals surface area contributed by atoms with Crippen LogP contribution in [0.2, 0.25) is 0 Å². The molecule has 0 aliphatic carbocycles. The Morgan fingerprint density at radius 2 is 1.88 bits per heavy atom. The van der Waals surface area contributed by atoms with Gasteiger partial charge in [-0.15, -0.1) is 23.5 Å². The molecule has 1 saturated heterocycles. The summed E-state index contributed by atoms with van der Waals surface area (Å²) in [5, 5.41) is 3.76. The molecule has 1 amide bonds. The predicted octanol–water partition coefficient (Wildman–Crippen LogP) is 4.32. The minimum Gasteiger partial charge on any atom is -0.484 e. The number of fused-ring (bicyclic) bond motifs is 1. The van der Waals surface area contributed by atoms with E-state index in [2.05, 4.69) is 22.4 Å². The van der Waals surface area contributed by atoms with Crippen molar-refractivity contribution in [2.45, 2.75) is 23.5 Å². The molecule has 2 N–H and O–H groups in total. The Bertz CT molecular complexity index is 1060. The summed E-state index contributed by atoms with van der Waals surface area (Å²) in [4.78, 5) is 28.0. The smallest absolute Gasteiger partial charge is 0.328 e. The average molecular weight is 471 g/mol.